The third-order valence-corrected chi connectivity index (χ3v) is 11.6. The van der Waals surface area contributed by atoms with Crippen LogP contribution in [0, 0.1) is 31.0 Å². The highest BCUT2D eigenvalue weighted by molar-refractivity contribution is 6.10. The van der Waals surface area contributed by atoms with Crippen LogP contribution in [0.3, 0.4) is 0 Å². The van der Waals surface area contributed by atoms with Crippen LogP contribution in [0.25, 0.3) is 28.0 Å². The van der Waals surface area contributed by atoms with E-state index in [4.69, 9.17) is 0 Å². The molecule has 0 spiro atoms. The molecule has 4 aromatic rings. The van der Waals surface area contributed by atoms with Crippen molar-refractivity contribution in [3.8, 4) is 0 Å². The molecule has 2 aliphatic rings. The van der Waals surface area contributed by atoms with Crippen molar-refractivity contribution in [2.75, 3.05) is 0 Å². The zero-order valence-electron chi connectivity index (χ0n) is 32.3. The van der Waals surface area contributed by atoms with Gasteiger partial charge in [0.1, 0.15) is 11.6 Å². The second kappa shape index (κ2) is 19.7. The van der Waals surface area contributed by atoms with Gasteiger partial charge in [-0.3, -0.25) is 9.59 Å². The van der Waals surface area contributed by atoms with Gasteiger partial charge < -0.3 is 0 Å². The maximum Gasteiger partial charge on any atom is 0.150 e. The maximum absolute atomic E-state index is 13.0. The van der Waals surface area contributed by atoms with Crippen molar-refractivity contribution < 1.29 is 18.3 Å². The van der Waals surface area contributed by atoms with Gasteiger partial charge >= 0.3 is 0 Å². The number of rotatable bonds is 14. The number of aryl methyl sites for hydroxylation is 3. The van der Waals surface area contributed by atoms with E-state index in [2.05, 4.69) is 70.5 Å². The maximum atomic E-state index is 13.0. The predicted octanol–water partition coefficient (Wildman–Crippen LogP) is 14.7. The van der Waals surface area contributed by atoms with Crippen molar-refractivity contribution >= 4 is 39.6 Å². The number of benzene rings is 4. The van der Waals surface area contributed by atoms with Crippen molar-refractivity contribution in [1.82, 2.24) is 0 Å². The minimum absolute atomic E-state index is 0. The monoisotopic (exact) mass is 731 g/mol. The molecule has 0 amide bonds. The summed E-state index contributed by atoms with van der Waals surface area (Å²) in [6.07, 6.45) is 16.5. The Kier molecular flexibility index (Phi) is 15.3. The second-order valence-corrected chi connectivity index (χ2v) is 15.5. The first-order valence-corrected chi connectivity index (χ1v) is 19.7. The Morgan fingerprint density at radius 1 is 0.833 bits per heavy atom. The van der Waals surface area contributed by atoms with Crippen LogP contribution in [0.1, 0.15) is 135 Å². The molecule has 0 aromatic heterocycles. The van der Waals surface area contributed by atoms with Crippen molar-refractivity contribution in [1.29, 1.82) is 0 Å². The van der Waals surface area contributed by atoms with Crippen LogP contribution in [0.15, 0.2) is 98.3 Å². The molecule has 3 heteroatoms. The Morgan fingerprint density at radius 2 is 1.41 bits per heavy atom. The van der Waals surface area contributed by atoms with E-state index in [0.717, 1.165) is 34.6 Å². The summed E-state index contributed by atoms with van der Waals surface area (Å²) in [5.74, 6) is 0.602. The molecule has 0 N–H and O–H groups in total. The van der Waals surface area contributed by atoms with Gasteiger partial charge in [0.15, 0.2) is 5.78 Å². The highest BCUT2D eigenvalue weighted by atomic mass is 19.1. The van der Waals surface area contributed by atoms with E-state index >= 15 is 0 Å². The van der Waals surface area contributed by atoms with Crippen LogP contribution >= 0.6 is 0 Å². The minimum Gasteiger partial charge on any atom is -0.299 e. The van der Waals surface area contributed by atoms with Crippen LogP contribution in [0.2, 0.25) is 0 Å². The van der Waals surface area contributed by atoms with E-state index < -0.39 is 5.41 Å². The largest absolute Gasteiger partial charge is 0.299 e. The molecule has 0 radical (unpaired) electrons. The molecule has 54 heavy (non-hydrogen) atoms. The van der Waals surface area contributed by atoms with Crippen LogP contribution in [-0.4, -0.2) is 11.6 Å². The molecule has 0 heterocycles. The second-order valence-electron chi connectivity index (χ2n) is 15.5. The van der Waals surface area contributed by atoms with Crippen molar-refractivity contribution in [2.24, 2.45) is 11.3 Å². The highest BCUT2D eigenvalue weighted by Gasteiger charge is 2.54. The van der Waals surface area contributed by atoms with Gasteiger partial charge in [0.2, 0.25) is 0 Å². The number of allylic oxidation sites excluding steroid dienone is 2. The first-order chi connectivity index (χ1) is 25.5. The first kappa shape index (κ1) is 42.2. The molecule has 2 aliphatic carbocycles. The summed E-state index contributed by atoms with van der Waals surface area (Å²) in [4.78, 5) is 25.2. The quantitative estimate of drug-likeness (QED) is 0.0735. The van der Waals surface area contributed by atoms with Crippen LogP contribution < -0.4 is 0 Å². The number of ketones is 2. The summed E-state index contributed by atoms with van der Waals surface area (Å²) in [5.41, 5.74) is 12.9. The molecule has 0 atom stereocenters. The molecule has 2 saturated carbocycles. The van der Waals surface area contributed by atoms with Gasteiger partial charge in [-0.1, -0.05) is 132 Å². The van der Waals surface area contributed by atoms with Gasteiger partial charge in [-0.15, -0.1) is 5.73 Å². The predicted molar refractivity (Wildman–Crippen MR) is 235 cm³/mol. The first-order valence-electron chi connectivity index (χ1n) is 19.7. The van der Waals surface area contributed by atoms with Crippen molar-refractivity contribution in [3.63, 3.8) is 0 Å². The summed E-state index contributed by atoms with van der Waals surface area (Å²) < 4.78 is 13.0. The van der Waals surface area contributed by atoms with Crippen LogP contribution in [-0.2, 0) is 22.4 Å². The number of halogens is 1. The Morgan fingerprint density at radius 3 is 1.94 bits per heavy atom. The highest BCUT2D eigenvalue weighted by Crippen LogP contribution is 2.49. The lowest BCUT2D eigenvalue weighted by molar-refractivity contribution is -0.134. The van der Waals surface area contributed by atoms with E-state index in [9.17, 15) is 14.0 Å². The van der Waals surface area contributed by atoms with Gasteiger partial charge in [0.05, 0.1) is 5.41 Å². The zero-order valence-corrected chi connectivity index (χ0v) is 32.3. The van der Waals surface area contributed by atoms with E-state index in [1.807, 2.05) is 24.3 Å². The summed E-state index contributed by atoms with van der Waals surface area (Å²) in [5, 5.41) is 2.68. The standard InChI is InChI=1S/C28H36.C22H21FO2.CH4.3H2/c1-6-24(15-11-14-23-12-9-7-8-10-13-23)28-19-27-22(5)17-16-21(4)26(27)18-25(28)20(2)3;1-2-16-3-5-17(6-4-16)9-12-20(24)22(13-14-22)21(25)15-18-7-10-19(23)11-8-18;;;;/h16-19,23H,1-2,7-15H2,3-5H3;2-8,10-11H,1,9,12-15H2;1H4;3*1H. The third-order valence-electron chi connectivity index (χ3n) is 11.6. The van der Waals surface area contributed by atoms with E-state index in [1.54, 1.807) is 18.2 Å². The molecule has 0 aliphatic heterocycles. The van der Waals surface area contributed by atoms with E-state index in [-0.39, 0.29) is 35.5 Å². The van der Waals surface area contributed by atoms with Gasteiger partial charge in [-0.25, -0.2) is 4.39 Å². The molecular formula is C51H67FO2. The third kappa shape index (κ3) is 10.8. The molecule has 0 unspecified atom stereocenters. The molecular weight excluding hydrogens is 664 g/mol. The molecule has 290 valence electrons. The lowest BCUT2D eigenvalue weighted by atomic mass is 9.87. The number of carbonyl (C=O) groups excluding carboxylic acids is 2. The van der Waals surface area contributed by atoms with Crippen molar-refractivity contribution in [2.45, 2.75) is 118 Å². The van der Waals surface area contributed by atoms with Gasteiger partial charge in [0.25, 0.3) is 0 Å². The van der Waals surface area contributed by atoms with Crippen LogP contribution in [0.5, 0.6) is 0 Å². The number of Topliss-reactive ketones (excluding diaryl/α,β-unsaturated/α-hetero) is 2. The average molecular weight is 731 g/mol. The van der Waals surface area contributed by atoms with E-state index in [1.165, 1.54) is 102 Å². The normalized spacial score (nSPS) is 14.7. The van der Waals surface area contributed by atoms with Gasteiger partial charge in [-0.05, 0) is 133 Å². The Hall–Kier alpha value is -4.59. The number of hydrogen-bond acceptors (Lipinski definition) is 2. The lowest BCUT2D eigenvalue weighted by Gasteiger charge is -2.17. The minimum atomic E-state index is -0.796. The number of carbonyl (C=O) groups is 2. The fourth-order valence-corrected chi connectivity index (χ4v) is 7.94. The van der Waals surface area contributed by atoms with Gasteiger partial charge in [0, 0.05) is 22.7 Å². The summed E-state index contributed by atoms with van der Waals surface area (Å²) >= 11 is 0. The Balaban J connectivity index is 0.000000535. The topological polar surface area (TPSA) is 34.1 Å². The summed E-state index contributed by atoms with van der Waals surface area (Å²) in [6, 6.07) is 23.0. The van der Waals surface area contributed by atoms with Gasteiger partial charge in [-0.2, -0.15) is 0 Å². The zero-order chi connectivity index (χ0) is 38.0. The molecule has 2 nitrogen and oxygen atoms in total. The average Bonchev–Trinajstić information content (AvgIpc) is 4.01. The summed E-state index contributed by atoms with van der Waals surface area (Å²) in [6.45, 7) is 18.5. The summed E-state index contributed by atoms with van der Waals surface area (Å²) in [7, 11) is 0. The molecule has 4 aromatic carbocycles. The molecule has 6 rings (SSSR count). The number of hydrogen-bond donors (Lipinski definition) is 0. The Bertz CT molecular complexity index is 1990. The van der Waals surface area contributed by atoms with E-state index in [0.29, 0.717) is 25.7 Å². The Labute approximate surface area is 329 Å². The SMILES string of the molecule is C.C=C=C(CCCC1CCCCCC1)c1cc2c(C)ccc(C)c2cc1C(=C)C.C=Cc1ccc(CCC(=O)C2(C(=O)Cc3ccc(F)cc3)CC2)cc1.[HH].[HH].[HH]. The lowest BCUT2D eigenvalue weighted by Crippen LogP contribution is -2.27. The number of fused-ring (bicyclic) bond motifs is 1. The molecule has 2 fully saturated rings. The fourth-order valence-electron chi connectivity index (χ4n) is 7.94. The van der Waals surface area contributed by atoms with Crippen molar-refractivity contribution in [3.05, 3.63) is 143 Å². The fraction of sp³-hybridized carbons (Fsp3) is 0.392. The smallest absolute Gasteiger partial charge is 0.150 e. The van der Waals surface area contributed by atoms with Crippen LogP contribution in [0.4, 0.5) is 4.39 Å². The molecule has 0 bridgehead atoms. The molecule has 0 saturated heterocycles.